The first-order valence-corrected chi connectivity index (χ1v) is 11.4. The third kappa shape index (κ3) is 5.99. The number of ether oxygens (including phenoxy) is 2. The molecule has 0 spiro atoms. The van der Waals surface area contributed by atoms with Crippen LogP contribution in [0.25, 0.3) is 0 Å². The molecule has 0 amide bonds. The summed E-state index contributed by atoms with van der Waals surface area (Å²) in [5.41, 5.74) is -0.633. The second-order valence-electron chi connectivity index (χ2n) is 9.48. The normalized spacial score (nSPS) is 30.5. The van der Waals surface area contributed by atoms with Gasteiger partial charge in [0.2, 0.25) is 0 Å². The first-order valence-electron chi connectivity index (χ1n) is 11.4. The van der Waals surface area contributed by atoms with Crippen molar-refractivity contribution in [3.05, 3.63) is 59.8 Å². The van der Waals surface area contributed by atoms with Gasteiger partial charge in [0.15, 0.2) is 11.4 Å². The van der Waals surface area contributed by atoms with E-state index in [0.717, 1.165) is 17.6 Å². The van der Waals surface area contributed by atoms with Crippen LogP contribution >= 0.6 is 0 Å². The summed E-state index contributed by atoms with van der Waals surface area (Å²) in [6.07, 6.45) is 10.8. The van der Waals surface area contributed by atoms with Gasteiger partial charge in [-0.15, -0.1) is 0 Å². The third-order valence-electron chi connectivity index (χ3n) is 6.90. The second kappa shape index (κ2) is 10.5. The van der Waals surface area contributed by atoms with Crippen molar-refractivity contribution in [2.75, 3.05) is 6.61 Å². The van der Waals surface area contributed by atoms with E-state index in [0.29, 0.717) is 5.92 Å². The number of esters is 2. The number of hydrogen-bond donors (Lipinski definition) is 1. The smallest absolute Gasteiger partial charge is 0.331 e. The topological polar surface area (TPSA) is 89.9 Å². The Kier molecular flexibility index (Phi) is 8.41. The van der Waals surface area contributed by atoms with Gasteiger partial charge in [0.1, 0.15) is 12.7 Å². The highest BCUT2D eigenvalue weighted by Crippen LogP contribution is 2.52. The molecule has 0 aromatic rings. The Bertz CT molecular complexity index is 936. The van der Waals surface area contributed by atoms with E-state index in [1.807, 2.05) is 20.8 Å². The van der Waals surface area contributed by atoms with Crippen molar-refractivity contribution < 1.29 is 29.0 Å². The molecule has 6 heteroatoms. The van der Waals surface area contributed by atoms with Crippen molar-refractivity contribution in [2.24, 2.45) is 17.3 Å². The average molecular weight is 457 g/mol. The fourth-order valence-electron chi connectivity index (χ4n) is 4.28. The zero-order valence-electron chi connectivity index (χ0n) is 20.5. The monoisotopic (exact) mass is 456 g/mol. The number of hydrogen-bond acceptors (Lipinski definition) is 6. The molecule has 2 aliphatic carbocycles. The predicted molar refractivity (Wildman–Crippen MR) is 127 cm³/mol. The molecule has 0 aliphatic heterocycles. The molecular weight excluding hydrogens is 420 g/mol. The number of fused-ring (bicyclic) bond motifs is 1. The van der Waals surface area contributed by atoms with E-state index in [1.165, 1.54) is 19.1 Å². The van der Waals surface area contributed by atoms with Crippen LogP contribution in [0.2, 0.25) is 0 Å². The minimum Gasteiger partial charge on any atom is -0.461 e. The zero-order chi connectivity index (χ0) is 25.0. The molecule has 0 heterocycles. The van der Waals surface area contributed by atoms with Gasteiger partial charge in [-0.3, -0.25) is 9.59 Å². The van der Waals surface area contributed by atoms with Crippen LogP contribution in [-0.4, -0.2) is 41.1 Å². The van der Waals surface area contributed by atoms with Crippen LogP contribution in [0.4, 0.5) is 0 Å². The molecule has 6 nitrogen and oxygen atoms in total. The number of rotatable bonds is 8. The van der Waals surface area contributed by atoms with Crippen LogP contribution in [0.3, 0.4) is 0 Å². The maximum absolute atomic E-state index is 12.8. The van der Waals surface area contributed by atoms with Gasteiger partial charge in [0.05, 0.1) is 0 Å². The van der Waals surface area contributed by atoms with Gasteiger partial charge in [0, 0.05) is 24.3 Å². The molecule has 180 valence electrons. The van der Waals surface area contributed by atoms with Crippen molar-refractivity contribution in [1.29, 1.82) is 0 Å². The highest BCUT2D eigenvalue weighted by atomic mass is 16.5. The molecule has 2 rings (SSSR count). The Morgan fingerprint density at radius 3 is 2.61 bits per heavy atom. The van der Waals surface area contributed by atoms with Gasteiger partial charge in [-0.2, -0.15) is 0 Å². The Morgan fingerprint density at radius 2 is 2.00 bits per heavy atom. The van der Waals surface area contributed by atoms with Crippen LogP contribution in [0.1, 0.15) is 54.4 Å². The van der Waals surface area contributed by atoms with E-state index in [4.69, 9.17) is 9.47 Å². The molecule has 5 atom stereocenters. The highest BCUT2D eigenvalue weighted by molar-refractivity contribution is 6.01. The molecule has 5 unspecified atom stereocenters. The molecule has 0 aromatic heterocycles. The highest BCUT2D eigenvalue weighted by Gasteiger charge is 2.53. The fraction of sp³-hybridized carbons (Fsp3) is 0.519. The van der Waals surface area contributed by atoms with Crippen LogP contribution in [0, 0.1) is 17.3 Å². The lowest BCUT2D eigenvalue weighted by molar-refractivity contribution is -0.147. The lowest BCUT2D eigenvalue weighted by atomic mass is 9.57. The molecule has 0 radical (unpaired) electrons. The fourth-order valence-corrected chi connectivity index (χ4v) is 4.28. The van der Waals surface area contributed by atoms with Crippen LogP contribution < -0.4 is 0 Å². The largest absolute Gasteiger partial charge is 0.461 e. The molecule has 0 aromatic carbocycles. The van der Waals surface area contributed by atoms with Crippen molar-refractivity contribution in [3.8, 4) is 0 Å². The zero-order valence-corrected chi connectivity index (χ0v) is 20.5. The van der Waals surface area contributed by atoms with Crippen molar-refractivity contribution in [3.63, 3.8) is 0 Å². The van der Waals surface area contributed by atoms with E-state index >= 15 is 0 Å². The Labute approximate surface area is 196 Å². The predicted octanol–water partition coefficient (Wildman–Crippen LogP) is 4.41. The Hall–Kier alpha value is -2.73. The van der Waals surface area contributed by atoms with Crippen LogP contribution in [-0.2, 0) is 23.9 Å². The number of aliphatic hydroxyl groups is 1. The van der Waals surface area contributed by atoms with Gasteiger partial charge in [-0.05, 0) is 42.6 Å². The summed E-state index contributed by atoms with van der Waals surface area (Å²) >= 11 is 0. The summed E-state index contributed by atoms with van der Waals surface area (Å²) in [5, 5.41) is 11.2. The third-order valence-corrected chi connectivity index (χ3v) is 6.90. The maximum atomic E-state index is 12.8. The number of allylic oxidation sites excluding steroid dienone is 5. The SMILES string of the molecule is C=C(COC(C)=O)C1(O)CC2(C)C(=CC1=O)C=CC(OC(=O)/C=C/C(C)=C/C(C)CC)C2C. The van der Waals surface area contributed by atoms with E-state index in [9.17, 15) is 19.5 Å². The standard InChI is InChI=1S/C27H36O6/c1-8-17(2)13-18(3)9-12-25(30)33-23-11-10-22-14-24(29)27(31,16-26(22,7)20(23)5)19(4)15-32-21(6)28/h9-14,17,20,23,31H,4,8,15-16H2,1-3,5-7H3/b12-9+,18-13+. The van der Waals surface area contributed by atoms with E-state index in [-0.39, 0.29) is 24.5 Å². The quantitative estimate of drug-likeness (QED) is 0.252. The summed E-state index contributed by atoms with van der Waals surface area (Å²) in [7, 11) is 0. The average Bonchev–Trinajstić information content (AvgIpc) is 2.74. The summed E-state index contributed by atoms with van der Waals surface area (Å²) in [5.74, 6) is -1.25. The Morgan fingerprint density at radius 1 is 1.33 bits per heavy atom. The van der Waals surface area contributed by atoms with Gasteiger partial charge in [-0.25, -0.2) is 4.79 Å². The first-order chi connectivity index (χ1) is 15.3. The van der Waals surface area contributed by atoms with Gasteiger partial charge >= 0.3 is 11.9 Å². The number of carbonyl (C=O) groups excluding carboxylic acids is 3. The van der Waals surface area contributed by atoms with E-state index in [2.05, 4.69) is 26.5 Å². The number of ketones is 1. The van der Waals surface area contributed by atoms with Crippen molar-refractivity contribution >= 4 is 17.7 Å². The van der Waals surface area contributed by atoms with Gasteiger partial charge in [-0.1, -0.05) is 64.5 Å². The van der Waals surface area contributed by atoms with Crippen molar-refractivity contribution in [1.82, 2.24) is 0 Å². The molecule has 0 saturated heterocycles. The molecule has 33 heavy (non-hydrogen) atoms. The van der Waals surface area contributed by atoms with Gasteiger partial charge in [0.25, 0.3) is 0 Å². The summed E-state index contributed by atoms with van der Waals surface area (Å²) in [4.78, 5) is 36.4. The minimum absolute atomic E-state index is 0.0525. The maximum Gasteiger partial charge on any atom is 0.331 e. The lowest BCUT2D eigenvalue weighted by Gasteiger charge is -2.49. The number of carbonyl (C=O) groups is 3. The van der Waals surface area contributed by atoms with Crippen LogP contribution in [0.5, 0.6) is 0 Å². The van der Waals surface area contributed by atoms with E-state index < -0.39 is 34.8 Å². The Balaban J connectivity index is 2.19. The lowest BCUT2D eigenvalue weighted by Crippen LogP contribution is -2.53. The van der Waals surface area contributed by atoms with Gasteiger partial charge < -0.3 is 14.6 Å². The first kappa shape index (κ1) is 26.5. The molecule has 1 N–H and O–H groups in total. The second-order valence-corrected chi connectivity index (χ2v) is 9.48. The molecule has 0 fully saturated rings. The summed E-state index contributed by atoms with van der Waals surface area (Å²) in [6, 6.07) is 0. The van der Waals surface area contributed by atoms with Crippen LogP contribution in [0.15, 0.2) is 59.8 Å². The minimum atomic E-state index is -1.86. The molecular formula is C27H36O6. The summed E-state index contributed by atoms with van der Waals surface area (Å²) in [6.45, 7) is 14.8. The van der Waals surface area contributed by atoms with Crippen molar-refractivity contribution in [2.45, 2.75) is 66.1 Å². The molecule has 0 bridgehead atoms. The molecule has 2 aliphatic rings. The van der Waals surface area contributed by atoms with E-state index in [1.54, 1.807) is 18.2 Å². The summed E-state index contributed by atoms with van der Waals surface area (Å²) < 4.78 is 10.7. The molecule has 0 saturated carbocycles.